The zero-order valence-corrected chi connectivity index (χ0v) is 8.59. The van der Waals surface area contributed by atoms with Crippen molar-refractivity contribution in [2.75, 3.05) is 0 Å². The van der Waals surface area contributed by atoms with Crippen LogP contribution in [-0.2, 0) is 5.88 Å². The van der Waals surface area contributed by atoms with E-state index in [1.165, 1.54) is 0 Å². The van der Waals surface area contributed by atoms with Gasteiger partial charge in [-0.3, -0.25) is 4.40 Å². The minimum atomic E-state index is 0.361. The van der Waals surface area contributed by atoms with Gasteiger partial charge in [0.25, 0.3) is 0 Å². The van der Waals surface area contributed by atoms with Gasteiger partial charge in [0.2, 0.25) is 0 Å². The van der Waals surface area contributed by atoms with E-state index in [2.05, 4.69) is 15.2 Å². The minimum Gasteiger partial charge on any atom is -0.267 e. The van der Waals surface area contributed by atoms with Crippen molar-refractivity contribution < 1.29 is 0 Å². The highest BCUT2D eigenvalue weighted by molar-refractivity contribution is 7.17. The van der Waals surface area contributed by atoms with Crippen molar-refractivity contribution in [2.24, 2.45) is 0 Å². The summed E-state index contributed by atoms with van der Waals surface area (Å²) in [7, 11) is 0. The van der Waals surface area contributed by atoms with E-state index in [-0.39, 0.29) is 0 Å². The number of aromatic nitrogens is 4. The van der Waals surface area contributed by atoms with Crippen LogP contribution in [0.2, 0.25) is 0 Å². The molecule has 0 aliphatic heterocycles. The predicted octanol–water partition coefficient (Wildman–Crippen LogP) is 2.08. The molecule has 0 atom stereocenters. The maximum absolute atomic E-state index is 5.79. The molecule has 0 bridgehead atoms. The summed E-state index contributed by atoms with van der Waals surface area (Å²) in [4.78, 5) is 4.42. The van der Waals surface area contributed by atoms with E-state index in [1.807, 2.05) is 15.8 Å². The second-order valence-corrected chi connectivity index (χ2v) is 4.00. The Bertz CT molecular complexity index is 599. The first-order valence-electron chi connectivity index (χ1n) is 4.02. The number of nitrogens with zero attached hydrogens (tertiary/aromatic N) is 4. The highest BCUT2D eigenvalue weighted by Gasteiger charge is 2.09. The van der Waals surface area contributed by atoms with E-state index in [9.17, 15) is 0 Å². The molecule has 3 rings (SSSR count). The Balaban J connectivity index is 2.59. The highest BCUT2D eigenvalue weighted by Crippen LogP contribution is 2.23. The van der Waals surface area contributed by atoms with Crippen LogP contribution >= 0.6 is 22.9 Å². The Morgan fingerprint density at radius 2 is 2.43 bits per heavy atom. The van der Waals surface area contributed by atoms with Crippen molar-refractivity contribution in [1.29, 1.82) is 0 Å². The van der Waals surface area contributed by atoms with Gasteiger partial charge in [-0.2, -0.15) is 0 Å². The van der Waals surface area contributed by atoms with E-state index in [1.54, 1.807) is 17.7 Å². The molecule has 0 unspecified atom stereocenters. The highest BCUT2D eigenvalue weighted by atomic mass is 35.5. The standard InChI is InChI=1S/C8H5ClN4S/c9-3-6-11-5-1-2-14-7(5)8-12-10-4-13(6)8/h1-2,4H,3H2. The van der Waals surface area contributed by atoms with Gasteiger partial charge in [-0.25, -0.2) is 4.98 Å². The Morgan fingerprint density at radius 3 is 3.29 bits per heavy atom. The smallest absolute Gasteiger partial charge is 0.181 e. The van der Waals surface area contributed by atoms with E-state index in [0.29, 0.717) is 5.88 Å². The molecule has 70 valence electrons. The molecule has 0 aromatic carbocycles. The molecule has 0 fully saturated rings. The molecule has 0 saturated heterocycles. The van der Waals surface area contributed by atoms with Crippen LogP contribution in [0, 0.1) is 0 Å². The lowest BCUT2D eigenvalue weighted by Gasteiger charge is -1.99. The molecule has 3 aromatic rings. The second-order valence-electron chi connectivity index (χ2n) is 2.82. The number of rotatable bonds is 1. The number of hydrogen-bond donors (Lipinski definition) is 0. The first-order valence-corrected chi connectivity index (χ1v) is 5.43. The second kappa shape index (κ2) is 2.90. The van der Waals surface area contributed by atoms with Gasteiger partial charge in [-0.1, -0.05) is 0 Å². The van der Waals surface area contributed by atoms with Gasteiger partial charge >= 0.3 is 0 Å². The Hall–Kier alpha value is -1.20. The summed E-state index contributed by atoms with van der Waals surface area (Å²) in [6.45, 7) is 0. The molecule has 0 N–H and O–H groups in total. The van der Waals surface area contributed by atoms with Crippen molar-refractivity contribution in [2.45, 2.75) is 5.88 Å². The molecule has 3 aromatic heterocycles. The van der Waals surface area contributed by atoms with Crippen molar-refractivity contribution in [3.05, 3.63) is 23.6 Å². The molecule has 0 saturated carbocycles. The van der Waals surface area contributed by atoms with Crippen LogP contribution in [0.5, 0.6) is 0 Å². The van der Waals surface area contributed by atoms with Crippen LogP contribution in [0.3, 0.4) is 0 Å². The zero-order chi connectivity index (χ0) is 9.54. The third-order valence-electron chi connectivity index (χ3n) is 2.04. The average molecular weight is 225 g/mol. The fraction of sp³-hybridized carbons (Fsp3) is 0.125. The largest absolute Gasteiger partial charge is 0.267 e. The van der Waals surface area contributed by atoms with Crippen molar-refractivity contribution in [1.82, 2.24) is 19.6 Å². The van der Waals surface area contributed by atoms with Crippen molar-refractivity contribution in [3.63, 3.8) is 0 Å². The summed E-state index contributed by atoms with van der Waals surface area (Å²) in [5.41, 5.74) is 1.77. The number of alkyl halides is 1. The third kappa shape index (κ3) is 0.964. The van der Waals surface area contributed by atoms with Crippen LogP contribution in [0.4, 0.5) is 0 Å². The molecule has 4 nitrogen and oxygen atoms in total. The van der Waals surface area contributed by atoms with Crippen LogP contribution < -0.4 is 0 Å². The fourth-order valence-electron chi connectivity index (χ4n) is 1.42. The summed E-state index contributed by atoms with van der Waals surface area (Å²) < 4.78 is 2.88. The molecule has 0 amide bonds. The summed E-state index contributed by atoms with van der Waals surface area (Å²) in [5.74, 6) is 1.14. The molecular weight excluding hydrogens is 220 g/mol. The molecule has 0 aliphatic rings. The average Bonchev–Trinajstić information content (AvgIpc) is 2.83. The molecule has 14 heavy (non-hydrogen) atoms. The van der Waals surface area contributed by atoms with Crippen LogP contribution in [0.25, 0.3) is 15.9 Å². The first-order chi connectivity index (χ1) is 6.90. The van der Waals surface area contributed by atoms with Gasteiger partial charge < -0.3 is 0 Å². The van der Waals surface area contributed by atoms with E-state index >= 15 is 0 Å². The van der Waals surface area contributed by atoms with Crippen LogP contribution in [0.15, 0.2) is 17.8 Å². The minimum absolute atomic E-state index is 0.361. The summed E-state index contributed by atoms with van der Waals surface area (Å²) in [6.07, 6.45) is 1.64. The monoisotopic (exact) mass is 224 g/mol. The molecule has 0 radical (unpaired) electrons. The molecule has 0 aliphatic carbocycles. The maximum Gasteiger partial charge on any atom is 0.181 e. The maximum atomic E-state index is 5.79. The summed E-state index contributed by atoms with van der Waals surface area (Å²) in [6, 6.07) is 1.96. The summed E-state index contributed by atoms with van der Waals surface area (Å²) in [5, 5.41) is 9.90. The number of halogens is 1. The van der Waals surface area contributed by atoms with Crippen molar-refractivity contribution in [3.8, 4) is 0 Å². The summed E-state index contributed by atoms with van der Waals surface area (Å²) >= 11 is 7.41. The number of hydrogen-bond acceptors (Lipinski definition) is 4. The normalized spacial score (nSPS) is 11.5. The lowest BCUT2D eigenvalue weighted by molar-refractivity contribution is 0.985. The SMILES string of the molecule is ClCc1nc2ccsc2c2nncn12. The Morgan fingerprint density at radius 1 is 1.50 bits per heavy atom. The third-order valence-corrected chi connectivity index (χ3v) is 3.18. The topological polar surface area (TPSA) is 43.1 Å². The molecule has 0 spiro atoms. The molecular formula is C8H5ClN4S. The van der Waals surface area contributed by atoms with E-state index in [4.69, 9.17) is 11.6 Å². The fourth-order valence-corrected chi connectivity index (χ4v) is 2.42. The lowest BCUT2D eigenvalue weighted by atomic mass is 10.4. The van der Waals surface area contributed by atoms with Gasteiger partial charge in [0.1, 0.15) is 12.2 Å². The molecule has 3 heterocycles. The molecule has 6 heteroatoms. The van der Waals surface area contributed by atoms with Gasteiger partial charge in [0.05, 0.1) is 16.1 Å². The van der Waals surface area contributed by atoms with E-state index in [0.717, 1.165) is 21.7 Å². The van der Waals surface area contributed by atoms with Crippen molar-refractivity contribution >= 4 is 38.8 Å². The number of fused-ring (bicyclic) bond motifs is 3. The van der Waals surface area contributed by atoms with Crippen LogP contribution in [-0.4, -0.2) is 19.6 Å². The van der Waals surface area contributed by atoms with Gasteiger partial charge in [-0.15, -0.1) is 33.1 Å². The number of thiophene rings is 1. The van der Waals surface area contributed by atoms with Gasteiger partial charge in [0.15, 0.2) is 5.65 Å². The van der Waals surface area contributed by atoms with Crippen LogP contribution in [0.1, 0.15) is 5.82 Å². The van der Waals surface area contributed by atoms with Gasteiger partial charge in [-0.05, 0) is 11.4 Å². The van der Waals surface area contributed by atoms with Gasteiger partial charge in [0, 0.05) is 0 Å². The quantitative estimate of drug-likeness (QED) is 0.595. The Kier molecular flexibility index (Phi) is 1.68. The first kappa shape index (κ1) is 8.14. The predicted molar refractivity (Wildman–Crippen MR) is 55.7 cm³/mol. The zero-order valence-electron chi connectivity index (χ0n) is 7.01. The van der Waals surface area contributed by atoms with E-state index < -0.39 is 0 Å². The lowest BCUT2D eigenvalue weighted by Crippen LogP contribution is -1.97. The Labute approximate surface area is 88.2 Å².